The molecule has 13 heteroatoms. The number of hydrogen-bond acceptors (Lipinski definition) is 4. The average Bonchev–Trinajstić information content (AvgIpc) is 4.06. The summed E-state index contributed by atoms with van der Waals surface area (Å²) in [5.74, 6) is 5.59. The summed E-state index contributed by atoms with van der Waals surface area (Å²) in [5, 5.41) is 6.44. The van der Waals surface area contributed by atoms with Crippen LogP contribution in [0.5, 0.6) is 0 Å². The maximum Gasteiger partial charge on any atom is 0.416 e. The van der Waals surface area contributed by atoms with Crippen molar-refractivity contribution in [3.05, 3.63) is 29.3 Å². The van der Waals surface area contributed by atoms with E-state index in [1.807, 2.05) is 11.9 Å². The zero-order valence-electron chi connectivity index (χ0n) is 50.8. The Balaban J connectivity index is 0.000000212. The van der Waals surface area contributed by atoms with Gasteiger partial charge in [0.2, 0.25) is 17.7 Å². The van der Waals surface area contributed by atoms with Gasteiger partial charge in [-0.05, 0) is 190 Å². The second kappa shape index (κ2) is 26.1. The van der Waals surface area contributed by atoms with Gasteiger partial charge in [-0.3, -0.25) is 14.4 Å². The molecule has 8 aliphatic rings. The van der Waals surface area contributed by atoms with Crippen molar-refractivity contribution in [2.75, 3.05) is 26.0 Å². The first kappa shape index (κ1) is 63.0. The molecule has 9 rings (SSSR count). The van der Waals surface area contributed by atoms with Crippen LogP contribution in [0.15, 0.2) is 18.2 Å². The van der Waals surface area contributed by atoms with Crippen LogP contribution in [-0.4, -0.2) is 66.3 Å². The first-order chi connectivity index (χ1) is 37.9. The van der Waals surface area contributed by atoms with E-state index in [-0.39, 0.29) is 57.8 Å². The zero-order valence-corrected chi connectivity index (χ0v) is 50.8. The zero-order chi connectivity index (χ0) is 57.8. The lowest BCUT2D eigenvalue weighted by molar-refractivity contribution is -0.158. The summed E-state index contributed by atoms with van der Waals surface area (Å²) in [6, 6.07) is 2.73. The molecule has 8 fully saturated rings. The quantitative estimate of drug-likeness (QED) is 0.0949. The molecular weight excluding hydrogens is 1020 g/mol. The van der Waals surface area contributed by atoms with Crippen LogP contribution in [0.2, 0.25) is 0 Å². The van der Waals surface area contributed by atoms with E-state index in [2.05, 4.69) is 64.1 Å². The summed E-state index contributed by atoms with van der Waals surface area (Å²) in [7, 11) is 4.00. The van der Waals surface area contributed by atoms with Crippen LogP contribution in [0.25, 0.3) is 0 Å². The Labute approximate surface area is 479 Å². The van der Waals surface area contributed by atoms with Gasteiger partial charge in [0.1, 0.15) is 0 Å². The number of alkyl halides is 6. The van der Waals surface area contributed by atoms with Crippen molar-refractivity contribution in [2.45, 2.75) is 277 Å². The van der Waals surface area contributed by atoms with Crippen LogP contribution in [0.1, 0.15) is 258 Å². The molecule has 80 heavy (non-hydrogen) atoms. The second-order valence-corrected chi connectivity index (χ2v) is 28.7. The van der Waals surface area contributed by atoms with Crippen LogP contribution in [0.4, 0.5) is 32.0 Å². The van der Waals surface area contributed by atoms with Gasteiger partial charge in [-0.1, -0.05) is 125 Å². The number of carbonyl (C=O) groups is 3. The number of halogens is 6. The molecule has 0 radical (unpaired) electrons. The molecular formula is C67H106F6N4O3. The molecule has 3 amide bonds. The van der Waals surface area contributed by atoms with Gasteiger partial charge in [0.05, 0.1) is 11.1 Å². The van der Waals surface area contributed by atoms with Crippen molar-refractivity contribution in [1.82, 2.24) is 15.1 Å². The van der Waals surface area contributed by atoms with E-state index in [1.165, 1.54) is 128 Å². The third-order valence-corrected chi connectivity index (χ3v) is 24.5. The highest BCUT2D eigenvalue weighted by Crippen LogP contribution is 2.68. The highest BCUT2D eigenvalue weighted by molar-refractivity contribution is 5.78. The number of benzene rings is 1. The van der Waals surface area contributed by atoms with E-state index < -0.39 is 23.5 Å². The normalized spacial score (nSPS) is 36.1. The van der Waals surface area contributed by atoms with Gasteiger partial charge >= 0.3 is 12.4 Å². The monoisotopic (exact) mass is 1130 g/mol. The minimum Gasteiger partial charge on any atom is -0.385 e. The van der Waals surface area contributed by atoms with Crippen molar-refractivity contribution >= 4 is 23.4 Å². The van der Waals surface area contributed by atoms with Gasteiger partial charge in [0, 0.05) is 63.7 Å². The summed E-state index contributed by atoms with van der Waals surface area (Å²) >= 11 is 0. The molecule has 0 spiro atoms. The summed E-state index contributed by atoms with van der Waals surface area (Å²) < 4.78 is 79.8. The van der Waals surface area contributed by atoms with E-state index in [0.717, 1.165) is 94.1 Å². The van der Waals surface area contributed by atoms with Crippen LogP contribution in [-0.2, 0) is 26.7 Å². The van der Waals surface area contributed by atoms with Crippen molar-refractivity contribution in [3.63, 3.8) is 0 Å². The van der Waals surface area contributed by atoms with E-state index in [9.17, 15) is 40.7 Å². The van der Waals surface area contributed by atoms with E-state index >= 15 is 0 Å². The molecule has 454 valence electrons. The minimum absolute atomic E-state index is 0.00223. The van der Waals surface area contributed by atoms with Gasteiger partial charge in [-0.25, -0.2) is 0 Å². The number of carbonyl (C=O) groups excluding carboxylic acids is 3. The topological polar surface area (TPSA) is 81.8 Å². The van der Waals surface area contributed by atoms with Gasteiger partial charge in [-0.15, -0.1) is 0 Å². The van der Waals surface area contributed by atoms with Gasteiger partial charge in [0.15, 0.2) is 0 Å². The van der Waals surface area contributed by atoms with Crippen molar-refractivity contribution in [2.24, 2.45) is 69.0 Å². The average molecular weight is 1130 g/mol. The van der Waals surface area contributed by atoms with Crippen molar-refractivity contribution in [1.29, 1.82) is 0 Å². The van der Waals surface area contributed by atoms with E-state index in [1.54, 1.807) is 0 Å². The van der Waals surface area contributed by atoms with Crippen molar-refractivity contribution in [3.8, 4) is 0 Å². The number of unbranched alkanes of at least 4 members (excludes halogenated alkanes) is 14. The number of hydrogen-bond donors (Lipinski definition) is 2. The molecule has 15 atom stereocenters. The fourth-order valence-electron chi connectivity index (χ4n) is 20.0. The number of rotatable bonds is 21. The standard InChI is InChI=1S/C39H70N2O2.C28H36F6N2O/c1-6-7-8-9-10-11-12-13-14-15-16-17-18-19-20-21-36(42)40-30(2)32-23-24-33-31-22-25-35-39(4,29-27-37(43)41(35)5)34(31)26-28-38(32,33)3;1-25-10-8-22-20(5-7-23-26(22,2)11-9-24(37)36(23)3)21(25)6-4-16(25)15-35-19-13-17(27(29,30)31)12-18(14-19)28(32,33)34/h30-35H,6-29H2,1-5H3,(H,40,42);12-14,16,20-23,35H,4-11,15H2,1-3H3/t30?,31-,32+,33-,34-,35?,38+,39+;16?,20-,21-,22+,23?,25+,26+/m00/s1. The lowest BCUT2D eigenvalue weighted by Gasteiger charge is -2.62. The van der Waals surface area contributed by atoms with Gasteiger partial charge in [0.25, 0.3) is 0 Å². The van der Waals surface area contributed by atoms with Gasteiger partial charge < -0.3 is 20.4 Å². The molecule has 0 aromatic heterocycles. The second-order valence-electron chi connectivity index (χ2n) is 28.7. The third kappa shape index (κ3) is 13.4. The van der Waals surface area contributed by atoms with E-state index in [0.29, 0.717) is 60.4 Å². The molecule has 2 aliphatic heterocycles. The summed E-state index contributed by atoms with van der Waals surface area (Å²) in [4.78, 5) is 41.9. The lowest BCUT2D eigenvalue weighted by atomic mass is 9.46. The maximum atomic E-state index is 13.3. The number of nitrogens with one attached hydrogen (secondary N) is 2. The molecule has 6 saturated carbocycles. The molecule has 2 N–H and O–H groups in total. The fourth-order valence-corrected chi connectivity index (χ4v) is 20.0. The number of anilines is 1. The Morgan fingerprint density at radius 3 is 1.45 bits per heavy atom. The highest BCUT2D eigenvalue weighted by Gasteiger charge is 2.63. The third-order valence-electron chi connectivity index (χ3n) is 24.5. The minimum atomic E-state index is -4.85. The molecule has 6 aliphatic carbocycles. The number of piperidine rings is 2. The summed E-state index contributed by atoms with van der Waals surface area (Å²) in [6.45, 7) is 14.7. The molecule has 2 heterocycles. The first-order valence-electron chi connectivity index (χ1n) is 32.7. The summed E-state index contributed by atoms with van der Waals surface area (Å²) in [5.41, 5.74) is -1.97. The maximum absolute atomic E-state index is 13.3. The van der Waals surface area contributed by atoms with Crippen LogP contribution >= 0.6 is 0 Å². The Morgan fingerprint density at radius 1 is 0.550 bits per heavy atom. The highest BCUT2D eigenvalue weighted by atomic mass is 19.4. The molecule has 7 nitrogen and oxygen atoms in total. The van der Waals surface area contributed by atoms with Crippen molar-refractivity contribution < 1.29 is 40.7 Å². The molecule has 2 saturated heterocycles. The Kier molecular flexibility index (Phi) is 20.6. The Morgan fingerprint density at radius 2 is 0.975 bits per heavy atom. The van der Waals surface area contributed by atoms with Crippen LogP contribution < -0.4 is 10.6 Å². The van der Waals surface area contributed by atoms with Crippen LogP contribution in [0.3, 0.4) is 0 Å². The number of likely N-dealkylation sites (tertiary alicyclic amines) is 2. The Bertz CT molecular complexity index is 2210. The summed E-state index contributed by atoms with van der Waals surface area (Å²) in [6.07, 6.45) is 28.5. The van der Waals surface area contributed by atoms with Crippen LogP contribution in [0, 0.1) is 69.0 Å². The largest absolute Gasteiger partial charge is 0.416 e. The Hall–Kier alpha value is -2.99. The smallest absolute Gasteiger partial charge is 0.385 e. The molecule has 4 unspecified atom stereocenters. The van der Waals surface area contributed by atoms with Gasteiger partial charge in [-0.2, -0.15) is 26.3 Å². The number of fused-ring (bicyclic) bond motifs is 10. The predicted molar refractivity (Wildman–Crippen MR) is 309 cm³/mol. The molecule has 1 aromatic carbocycles. The fraction of sp³-hybridized carbons (Fsp3) is 0.866. The number of amides is 3. The number of nitrogens with zero attached hydrogens (tertiary/aromatic N) is 2. The lowest BCUT2D eigenvalue weighted by Crippen LogP contribution is -2.61. The SMILES string of the molecule is CCCCCCCCCCCCCCCCCC(=O)NC(C)[C@H]1CC[C@H]2[C@@H]3CCC4N(C)C(=O)CC[C@]4(C)[C@H]3CC[C@]12C.CN1C(=O)CC[C@@]2(C)C1CC[C@@H]1[C@H]2CC[C@]2(C)C(CNc3cc(C(F)(F)F)cc(C(F)(F)F)c3)CC[C@@H]12. The predicted octanol–water partition coefficient (Wildman–Crippen LogP) is 17.8. The molecule has 1 aromatic rings. The van der Waals surface area contributed by atoms with E-state index in [4.69, 9.17) is 0 Å². The first-order valence-corrected chi connectivity index (χ1v) is 32.7. The molecule has 0 bridgehead atoms.